The van der Waals surface area contributed by atoms with Gasteiger partial charge in [0.2, 0.25) is 0 Å². The lowest BCUT2D eigenvalue weighted by Crippen LogP contribution is -2.10. The van der Waals surface area contributed by atoms with Crippen LogP contribution in [0.2, 0.25) is 5.02 Å². The number of ether oxygens (including phenoxy) is 1. The Balaban J connectivity index is 2.71. The Labute approximate surface area is 139 Å². The highest BCUT2D eigenvalue weighted by Gasteiger charge is 2.21. The summed E-state index contributed by atoms with van der Waals surface area (Å²) in [6.45, 7) is 1.71. The van der Waals surface area contributed by atoms with E-state index in [0.717, 1.165) is 0 Å². The first-order valence-corrected chi connectivity index (χ1v) is 7.31. The third-order valence-corrected chi connectivity index (χ3v) is 4.26. The lowest BCUT2D eigenvalue weighted by molar-refractivity contribution is 0.0594. The van der Waals surface area contributed by atoms with E-state index in [1.165, 1.54) is 13.2 Å². The minimum atomic E-state index is -0.695. The summed E-state index contributed by atoms with van der Waals surface area (Å²) in [5.41, 5.74) is 7.53. The third-order valence-electron chi connectivity index (χ3n) is 3.00. The number of carbonyl (C=O) groups excluding carboxylic acids is 1. The maximum absolute atomic E-state index is 13.7. The number of hydrogen-bond acceptors (Lipinski definition) is 4. The Bertz CT molecular complexity index is 737. The third kappa shape index (κ3) is 2.96. The molecule has 0 aliphatic carbocycles. The number of carbonyl (C=O) groups is 1. The van der Waals surface area contributed by atoms with Gasteiger partial charge in [-0.25, -0.2) is 14.2 Å². The van der Waals surface area contributed by atoms with Crippen LogP contribution < -0.4 is 5.73 Å². The number of halogens is 3. The van der Waals surface area contributed by atoms with Crippen LogP contribution in [0, 0.1) is 16.3 Å². The minimum absolute atomic E-state index is 0.0362. The molecule has 0 fully saturated rings. The van der Waals surface area contributed by atoms with Crippen LogP contribution in [0.4, 0.5) is 10.1 Å². The highest BCUT2D eigenvalue weighted by molar-refractivity contribution is 14.1. The van der Waals surface area contributed by atoms with Crippen molar-refractivity contribution in [1.29, 1.82) is 0 Å². The van der Waals surface area contributed by atoms with Crippen LogP contribution in [0.5, 0.6) is 0 Å². The highest BCUT2D eigenvalue weighted by Crippen LogP contribution is 2.33. The molecule has 0 saturated carbocycles. The fourth-order valence-electron chi connectivity index (χ4n) is 1.82. The van der Waals surface area contributed by atoms with Crippen molar-refractivity contribution < 1.29 is 13.9 Å². The molecule has 1 aromatic heterocycles. The second kappa shape index (κ2) is 6.15. The summed E-state index contributed by atoms with van der Waals surface area (Å²) in [5, 5.41) is 0.0362. The Morgan fingerprint density at radius 1 is 1.48 bits per heavy atom. The molecule has 2 aromatic rings. The van der Waals surface area contributed by atoms with E-state index in [9.17, 15) is 9.18 Å². The van der Waals surface area contributed by atoms with E-state index in [0.29, 0.717) is 20.4 Å². The van der Waals surface area contributed by atoms with E-state index in [-0.39, 0.29) is 22.2 Å². The number of nitrogen functional groups attached to an aromatic ring is 1. The van der Waals surface area contributed by atoms with E-state index in [4.69, 9.17) is 17.3 Å². The summed E-state index contributed by atoms with van der Waals surface area (Å²) >= 11 is 7.91. The molecule has 0 atom stereocenters. The number of nitrogens with zero attached hydrogens (tertiary/aromatic N) is 1. The fraction of sp³-hybridized carbons (Fsp3) is 0.143. The molecule has 0 aliphatic heterocycles. The number of hydrogen-bond donors (Lipinski definition) is 1. The average molecular weight is 421 g/mol. The van der Waals surface area contributed by atoms with Gasteiger partial charge in [0.15, 0.2) is 5.69 Å². The van der Waals surface area contributed by atoms with Gasteiger partial charge in [0.05, 0.1) is 23.5 Å². The lowest BCUT2D eigenvalue weighted by atomic mass is 10.0. The van der Waals surface area contributed by atoms with E-state index in [1.54, 1.807) is 19.1 Å². The maximum Gasteiger partial charge on any atom is 0.358 e. The molecule has 0 bridgehead atoms. The zero-order chi connectivity index (χ0) is 15.7. The molecule has 0 radical (unpaired) electrons. The summed E-state index contributed by atoms with van der Waals surface area (Å²) in [6, 6.07) is 4.66. The average Bonchev–Trinajstić information content (AvgIpc) is 2.47. The molecular formula is C14H11ClFIN2O2. The largest absolute Gasteiger partial charge is 0.464 e. The second-order valence-corrected chi connectivity index (χ2v) is 5.82. The Kier molecular flexibility index (Phi) is 4.67. The highest BCUT2D eigenvalue weighted by atomic mass is 127. The number of benzene rings is 1. The summed E-state index contributed by atoms with van der Waals surface area (Å²) in [5.74, 6) is -1.07. The van der Waals surface area contributed by atoms with Gasteiger partial charge in [-0.15, -0.1) is 0 Å². The van der Waals surface area contributed by atoms with Crippen molar-refractivity contribution in [3.8, 4) is 11.3 Å². The van der Waals surface area contributed by atoms with Crippen molar-refractivity contribution in [2.75, 3.05) is 12.8 Å². The molecule has 0 aliphatic rings. The van der Waals surface area contributed by atoms with Crippen LogP contribution in [-0.4, -0.2) is 18.1 Å². The van der Waals surface area contributed by atoms with Crippen LogP contribution in [0.3, 0.4) is 0 Å². The molecule has 0 unspecified atom stereocenters. The van der Waals surface area contributed by atoms with Crippen molar-refractivity contribution in [2.45, 2.75) is 6.92 Å². The standard InChI is InChI=1S/C14H11ClFIN2O2/c1-6-11(18)10(15)13(14(20)21-2)19-12(6)7-3-4-9(17)8(16)5-7/h3-5H,1-2H3,(H2,18,19). The van der Waals surface area contributed by atoms with Gasteiger partial charge in [0.1, 0.15) is 5.82 Å². The number of anilines is 1. The molecule has 7 heteroatoms. The molecule has 4 nitrogen and oxygen atoms in total. The van der Waals surface area contributed by atoms with Gasteiger partial charge >= 0.3 is 5.97 Å². The second-order valence-electron chi connectivity index (χ2n) is 4.28. The van der Waals surface area contributed by atoms with Crippen LogP contribution in [0.1, 0.15) is 16.1 Å². The molecule has 1 heterocycles. The molecule has 2 rings (SSSR count). The zero-order valence-corrected chi connectivity index (χ0v) is 14.1. The van der Waals surface area contributed by atoms with E-state index in [1.807, 2.05) is 22.6 Å². The summed E-state index contributed by atoms with van der Waals surface area (Å²) in [6.07, 6.45) is 0. The molecule has 0 amide bonds. The molecular weight excluding hydrogens is 410 g/mol. The first-order valence-electron chi connectivity index (χ1n) is 5.86. The van der Waals surface area contributed by atoms with E-state index < -0.39 is 5.97 Å². The van der Waals surface area contributed by atoms with Crippen molar-refractivity contribution in [1.82, 2.24) is 4.98 Å². The lowest BCUT2D eigenvalue weighted by Gasteiger charge is -2.13. The Morgan fingerprint density at radius 3 is 2.71 bits per heavy atom. The first-order chi connectivity index (χ1) is 9.86. The smallest absolute Gasteiger partial charge is 0.358 e. The van der Waals surface area contributed by atoms with Gasteiger partial charge in [-0.2, -0.15) is 0 Å². The number of esters is 1. The van der Waals surface area contributed by atoms with Gasteiger partial charge in [-0.1, -0.05) is 17.7 Å². The summed E-state index contributed by atoms with van der Waals surface area (Å²) in [4.78, 5) is 15.9. The van der Waals surface area contributed by atoms with Gasteiger partial charge in [0.25, 0.3) is 0 Å². The summed E-state index contributed by atoms with van der Waals surface area (Å²) in [7, 11) is 1.22. The van der Waals surface area contributed by atoms with Crippen LogP contribution in [0.25, 0.3) is 11.3 Å². The minimum Gasteiger partial charge on any atom is -0.464 e. The molecule has 0 saturated heterocycles. The number of nitrogens with two attached hydrogens (primary N) is 1. The predicted octanol–water partition coefficient (Wildman–Crippen LogP) is 3.82. The fourth-order valence-corrected chi connectivity index (χ4v) is 2.42. The van der Waals surface area contributed by atoms with Crippen molar-refractivity contribution in [3.05, 3.63) is 43.9 Å². The maximum atomic E-state index is 13.7. The van der Waals surface area contributed by atoms with Crippen molar-refractivity contribution >= 4 is 45.8 Å². The SMILES string of the molecule is COC(=O)c1nc(-c2ccc(I)c(F)c2)c(C)c(N)c1Cl. The van der Waals surface area contributed by atoms with Gasteiger partial charge < -0.3 is 10.5 Å². The molecule has 1 aromatic carbocycles. The summed E-state index contributed by atoms with van der Waals surface area (Å²) < 4.78 is 18.8. The zero-order valence-electron chi connectivity index (χ0n) is 11.2. The van der Waals surface area contributed by atoms with Crippen LogP contribution in [0.15, 0.2) is 18.2 Å². The normalized spacial score (nSPS) is 10.5. The number of rotatable bonds is 2. The Hall–Kier alpha value is -1.41. The van der Waals surface area contributed by atoms with Gasteiger partial charge in [-0.3, -0.25) is 0 Å². The monoisotopic (exact) mass is 420 g/mol. The molecule has 0 spiro atoms. The number of aromatic nitrogens is 1. The van der Waals surface area contributed by atoms with Crippen molar-refractivity contribution in [2.24, 2.45) is 0 Å². The molecule has 21 heavy (non-hydrogen) atoms. The predicted molar refractivity (Wildman–Crippen MR) is 87.8 cm³/mol. The van der Waals surface area contributed by atoms with Gasteiger partial charge in [-0.05, 0) is 47.2 Å². The van der Waals surface area contributed by atoms with E-state index in [2.05, 4.69) is 9.72 Å². The Morgan fingerprint density at radius 2 is 2.14 bits per heavy atom. The number of pyridine rings is 1. The number of methoxy groups -OCH3 is 1. The van der Waals surface area contributed by atoms with Gasteiger partial charge in [0, 0.05) is 9.13 Å². The topological polar surface area (TPSA) is 65.2 Å². The quantitative estimate of drug-likeness (QED) is 0.592. The van der Waals surface area contributed by atoms with E-state index >= 15 is 0 Å². The van der Waals surface area contributed by atoms with Crippen molar-refractivity contribution in [3.63, 3.8) is 0 Å². The molecule has 110 valence electrons. The van der Waals surface area contributed by atoms with Crippen LogP contribution >= 0.6 is 34.2 Å². The van der Waals surface area contributed by atoms with Crippen LogP contribution in [-0.2, 0) is 4.74 Å². The molecule has 2 N–H and O–H groups in total. The first kappa shape index (κ1) is 16.0.